The number of ether oxygens (including phenoxy) is 1. The number of morpholine rings is 1. The van der Waals surface area contributed by atoms with Crippen LogP contribution in [-0.4, -0.2) is 56.6 Å². The number of nitrogens with zero attached hydrogens (tertiary/aromatic N) is 4. The molecule has 1 aliphatic rings. The average molecular weight is 296 g/mol. The molecule has 0 unspecified atom stereocenters. The van der Waals surface area contributed by atoms with Gasteiger partial charge in [0.2, 0.25) is 0 Å². The van der Waals surface area contributed by atoms with Gasteiger partial charge in [0, 0.05) is 19.6 Å². The molecular weight excluding hydrogens is 272 g/mol. The van der Waals surface area contributed by atoms with E-state index >= 15 is 0 Å². The molecule has 1 aromatic rings. The van der Waals surface area contributed by atoms with Gasteiger partial charge in [0.05, 0.1) is 23.9 Å². The number of nitrogen functional groups attached to an aromatic ring is 1. The highest BCUT2D eigenvalue weighted by Crippen LogP contribution is 2.27. The maximum absolute atomic E-state index is 11.3. The number of nitrogens with one attached hydrogen (secondary N) is 1. The second-order valence-electron chi connectivity index (χ2n) is 6.67. The third kappa shape index (κ3) is 4.23. The Morgan fingerprint density at radius 2 is 1.95 bits per heavy atom. The molecule has 8 heteroatoms. The largest absolute Gasteiger partial charge is 0.367 e. The van der Waals surface area contributed by atoms with E-state index < -0.39 is 5.91 Å². The topological polar surface area (TPSA) is 98.3 Å². The average Bonchev–Trinajstić information content (AvgIpc) is 2.80. The summed E-state index contributed by atoms with van der Waals surface area (Å²) in [4.78, 5) is 13.7. The molecule has 21 heavy (non-hydrogen) atoms. The van der Waals surface area contributed by atoms with Crippen LogP contribution in [0.1, 0.15) is 38.2 Å². The van der Waals surface area contributed by atoms with Crippen molar-refractivity contribution in [2.45, 2.75) is 45.4 Å². The van der Waals surface area contributed by atoms with Crippen LogP contribution < -0.4 is 11.3 Å². The van der Waals surface area contributed by atoms with Gasteiger partial charge in [-0.2, -0.15) is 0 Å². The van der Waals surface area contributed by atoms with Gasteiger partial charge in [-0.3, -0.25) is 19.8 Å². The summed E-state index contributed by atoms with van der Waals surface area (Å²) < 4.78 is 7.70. The van der Waals surface area contributed by atoms with Gasteiger partial charge in [0.1, 0.15) is 0 Å². The SMILES string of the molecule is CC1(C)CN(CCn2cc(C(=O)NN)nn2)CC(C)(C)O1. The Labute approximate surface area is 124 Å². The number of amides is 1. The second kappa shape index (κ2) is 5.70. The third-order valence-electron chi connectivity index (χ3n) is 3.31. The van der Waals surface area contributed by atoms with Crippen LogP contribution in [0.4, 0.5) is 0 Å². The van der Waals surface area contributed by atoms with Crippen molar-refractivity contribution < 1.29 is 9.53 Å². The minimum absolute atomic E-state index is 0.172. The van der Waals surface area contributed by atoms with Crippen LogP contribution in [0.5, 0.6) is 0 Å². The van der Waals surface area contributed by atoms with Gasteiger partial charge in [-0.1, -0.05) is 5.21 Å². The van der Waals surface area contributed by atoms with Crippen molar-refractivity contribution in [2.24, 2.45) is 5.84 Å². The van der Waals surface area contributed by atoms with Crippen molar-refractivity contribution in [3.05, 3.63) is 11.9 Å². The van der Waals surface area contributed by atoms with Crippen LogP contribution >= 0.6 is 0 Å². The maximum atomic E-state index is 11.3. The molecule has 0 atom stereocenters. The van der Waals surface area contributed by atoms with Crippen LogP contribution in [0.25, 0.3) is 0 Å². The van der Waals surface area contributed by atoms with Crippen LogP contribution in [0.2, 0.25) is 0 Å². The first-order chi connectivity index (χ1) is 9.71. The molecule has 118 valence electrons. The summed E-state index contributed by atoms with van der Waals surface area (Å²) in [5.41, 5.74) is 1.92. The number of aromatic nitrogens is 3. The Hall–Kier alpha value is -1.51. The molecule has 1 aliphatic heterocycles. The second-order valence-corrected chi connectivity index (χ2v) is 6.67. The lowest BCUT2D eigenvalue weighted by Crippen LogP contribution is -2.57. The van der Waals surface area contributed by atoms with Gasteiger partial charge in [0.15, 0.2) is 5.69 Å². The number of carbonyl (C=O) groups excluding carboxylic acids is 1. The Morgan fingerprint density at radius 3 is 2.52 bits per heavy atom. The molecule has 1 aromatic heterocycles. The minimum Gasteiger partial charge on any atom is -0.367 e. The molecule has 1 fully saturated rings. The summed E-state index contributed by atoms with van der Waals surface area (Å²) in [5, 5.41) is 7.72. The van der Waals surface area contributed by atoms with Gasteiger partial charge in [-0.05, 0) is 27.7 Å². The summed E-state index contributed by atoms with van der Waals surface area (Å²) in [5.74, 6) is 4.63. The highest BCUT2D eigenvalue weighted by atomic mass is 16.5. The van der Waals surface area contributed by atoms with Crippen molar-refractivity contribution in [1.82, 2.24) is 25.3 Å². The fourth-order valence-electron chi connectivity index (χ4n) is 2.93. The quantitative estimate of drug-likeness (QED) is 0.452. The van der Waals surface area contributed by atoms with E-state index in [1.165, 1.54) is 0 Å². The minimum atomic E-state index is -0.435. The molecule has 0 bridgehead atoms. The van der Waals surface area contributed by atoms with Crippen molar-refractivity contribution in [3.63, 3.8) is 0 Å². The molecule has 3 N–H and O–H groups in total. The summed E-state index contributed by atoms with van der Waals surface area (Å²) in [6.07, 6.45) is 1.60. The van der Waals surface area contributed by atoms with E-state index in [2.05, 4.69) is 42.9 Å². The third-order valence-corrected chi connectivity index (χ3v) is 3.31. The van der Waals surface area contributed by atoms with E-state index in [0.717, 1.165) is 19.6 Å². The number of carbonyl (C=O) groups is 1. The van der Waals surface area contributed by atoms with Crippen LogP contribution in [-0.2, 0) is 11.3 Å². The molecular formula is C13H24N6O2. The number of hydrazine groups is 1. The first-order valence-corrected chi connectivity index (χ1v) is 7.04. The molecule has 0 aromatic carbocycles. The Balaban J connectivity index is 1.93. The molecule has 1 amide bonds. The normalized spacial score (nSPS) is 21.2. The summed E-state index contributed by atoms with van der Waals surface area (Å²) in [6, 6.07) is 0. The zero-order valence-corrected chi connectivity index (χ0v) is 13.1. The number of rotatable bonds is 4. The highest BCUT2D eigenvalue weighted by Gasteiger charge is 2.37. The monoisotopic (exact) mass is 296 g/mol. The van der Waals surface area contributed by atoms with Gasteiger partial charge < -0.3 is 4.74 Å². The molecule has 2 heterocycles. The van der Waals surface area contributed by atoms with Crippen LogP contribution in [0.15, 0.2) is 6.20 Å². The van der Waals surface area contributed by atoms with Crippen molar-refractivity contribution >= 4 is 5.91 Å². The summed E-state index contributed by atoms with van der Waals surface area (Å²) >= 11 is 0. The summed E-state index contributed by atoms with van der Waals surface area (Å²) in [6.45, 7) is 11.6. The Morgan fingerprint density at radius 1 is 1.33 bits per heavy atom. The van der Waals surface area contributed by atoms with Gasteiger partial charge in [0.25, 0.3) is 5.91 Å². The van der Waals surface area contributed by atoms with Crippen molar-refractivity contribution in [2.75, 3.05) is 19.6 Å². The van der Waals surface area contributed by atoms with Crippen molar-refractivity contribution in [1.29, 1.82) is 0 Å². The molecule has 2 rings (SSSR count). The van der Waals surface area contributed by atoms with Crippen LogP contribution in [0.3, 0.4) is 0 Å². The number of nitrogens with two attached hydrogens (primary N) is 1. The lowest BCUT2D eigenvalue weighted by molar-refractivity contribution is -0.180. The number of hydrogen-bond donors (Lipinski definition) is 2. The predicted octanol–water partition coefficient (Wildman–Crippen LogP) is -0.229. The lowest BCUT2D eigenvalue weighted by Gasteiger charge is -2.47. The Bertz CT molecular complexity index is 495. The smallest absolute Gasteiger partial charge is 0.287 e. The molecule has 1 saturated heterocycles. The zero-order valence-electron chi connectivity index (χ0n) is 13.1. The first kappa shape index (κ1) is 15.9. The van der Waals surface area contributed by atoms with E-state index in [0.29, 0.717) is 6.54 Å². The molecule has 0 spiro atoms. The highest BCUT2D eigenvalue weighted by molar-refractivity contribution is 5.91. The van der Waals surface area contributed by atoms with E-state index in [1.807, 2.05) is 5.43 Å². The predicted molar refractivity (Wildman–Crippen MR) is 77.4 cm³/mol. The maximum Gasteiger partial charge on any atom is 0.287 e. The Kier molecular flexibility index (Phi) is 4.31. The molecule has 0 radical (unpaired) electrons. The van der Waals surface area contributed by atoms with E-state index in [1.54, 1.807) is 10.9 Å². The van der Waals surface area contributed by atoms with Gasteiger partial charge in [-0.25, -0.2) is 5.84 Å². The molecule has 8 nitrogen and oxygen atoms in total. The summed E-state index contributed by atoms with van der Waals surface area (Å²) in [7, 11) is 0. The van der Waals surface area contributed by atoms with E-state index in [9.17, 15) is 4.79 Å². The van der Waals surface area contributed by atoms with E-state index in [4.69, 9.17) is 10.6 Å². The van der Waals surface area contributed by atoms with Gasteiger partial charge in [-0.15, -0.1) is 5.10 Å². The molecule has 0 aliphatic carbocycles. The van der Waals surface area contributed by atoms with Gasteiger partial charge >= 0.3 is 0 Å². The van der Waals surface area contributed by atoms with Crippen molar-refractivity contribution in [3.8, 4) is 0 Å². The first-order valence-electron chi connectivity index (χ1n) is 7.04. The van der Waals surface area contributed by atoms with Crippen LogP contribution in [0, 0.1) is 0 Å². The lowest BCUT2D eigenvalue weighted by atomic mass is 9.99. The molecule has 0 saturated carbocycles. The standard InChI is InChI=1S/C13H24N6O2/c1-12(2)8-18(9-13(3,4)21-12)5-6-19-7-10(16-17-19)11(20)15-14/h7H,5-6,8-9,14H2,1-4H3,(H,15,20). The van der Waals surface area contributed by atoms with E-state index in [-0.39, 0.29) is 16.9 Å². The fraction of sp³-hybridized carbons (Fsp3) is 0.769. The fourth-order valence-corrected chi connectivity index (χ4v) is 2.93. The number of hydrogen-bond acceptors (Lipinski definition) is 6. The zero-order chi connectivity index (χ0) is 15.7.